The standard InChI is InChI=1S/C23H22FN3S/c1-18(21-12-14-22(24)15-13-21)25-26-23(28)27(16-19-8-4-2-5-9-19)17-20-10-6-3-7-11-20/h2-15H,16-17H2,1H3,(H,26,28)/b25-18-. The van der Waals surface area contributed by atoms with Crippen LogP contribution in [0.3, 0.4) is 0 Å². The van der Waals surface area contributed by atoms with Gasteiger partial charge in [-0.1, -0.05) is 72.8 Å². The number of nitrogens with one attached hydrogen (secondary N) is 1. The molecule has 5 heteroatoms. The Morgan fingerprint density at radius 1 is 0.857 bits per heavy atom. The maximum absolute atomic E-state index is 13.1. The molecule has 3 aromatic rings. The molecule has 0 spiro atoms. The van der Waals surface area contributed by atoms with E-state index in [4.69, 9.17) is 12.2 Å². The van der Waals surface area contributed by atoms with Crippen LogP contribution in [0.4, 0.5) is 4.39 Å². The lowest BCUT2D eigenvalue weighted by atomic mass is 10.1. The highest BCUT2D eigenvalue weighted by Gasteiger charge is 2.11. The van der Waals surface area contributed by atoms with Crippen LogP contribution in [0.2, 0.25) is 0 Å². The van der Waals surface area contributed by atoms with Crippen molar-refractivity contribution in [1.29, 1.82) is 0 Å². The van der Waals surface area contributed by atoms with Gasteiger partial charge in [0.05, 0.1) is 5.71 Å². The van der Waals surface area contributed by atoms with Crippen LogP contribution in [0.25, 0.3) is 0 Å². The van der Waals surface area contributed by atoms with Crippen molar-refractivity contribution in [3.8, 4) is 0 Å². The minimum absolute atomic E-state index is 0.267. The molecule has 0 amide bonds. The summed E-state index contributed by atoms with van der Waals surface area (Å²) in [6.07, 6.45) is 0. The molecule has 0 heterocycles. The van der Waals surface area contributed by atoms with Gasteiger partial charge < -0.3 is 4.90 Å². The summed E-state index contributed by atoms with van der Waals surface area (Å²) in [4.78, 5) is 2.07. The van der Waals surface area contributed by atoms with E-state index in [-0.39, 0.29) is 5.82 Å². The second kappa shape index (κ2) is 9.76. The van der Waals surface area contributed by atoms with Crippen molar-refractivity contribution in [3.05, 3.63) is 107 Å². The summed E-state index contributed by atoms with van der Waals surface area (Å²) in [5, 5.41) is 4.93. The summed E-state index contributed by atoms with van der Waals surface area (Å²) >= 11 is 5.61. The zero-order chi connectivity index (χ0) is 19.8. The first kappa shape index (κ1) is 19.7. The minimum atomic E-state index is -0.267. The van der Waals surface area contributed by atoms with Gasteiger partial charge >= 0.3 is 0 Å². The number of halogens is 1. The van der Waals surface area contributed by atoms with Crippen LogP contribution >= 0.6 is 12.2 Å². The molecule has 142 valence electrons. The first-order chi connectivity index (χ1) is 13.6. The number of benzene rings is 3. The molecule has 3 rings (SSSR count). The lowest BCUT2D eigenvalue weighted by Crippen LogP contribution is -2.36. The highest BCUT2D eigenvalue weighted by molar-refractivity contribution is 7.80. The SMILES string of the molecule is C/C(=N/NC(=S)N(Cc1ccccc1)Cc1ccccc1)c1ccc(F)cc1. The molecule has 0 aliphatic carbocycles. The van der Waals surface area contributed by atoms with Gasteiger partial charge in [-0.05, 0) is 48.0 Å². The number of thiocarbonyl (C=S) groups is 1. The second-order valence-corrected chi connectivity index (χ2v) is 6.84. The van der Waals surface area contributed by atoms with E-state index in [1.165, 1.54) is 23.3 Å². The summed E-state index contributed by atoms with van der Waals surface area (Å²) in [5.41, 5.74) is 6.90. The van der Waals surface area contributed by atoms with Crippen molar-refractivity contribution in [2.75, 3.05) is 0 Å². The number of hydrogen-bond donors (Lipinski definition) is 1. The van der Waals surface area contributed by atoms with Crippen molar-refractivity contribution >= 4 is 23.0 Å². The van der Waals surface area contributed by atoms with Gasteiger partial charge in [-0.2, -0.15) is 5.10 Å². The maximum Gasteiger partial charge on any atom is 0.190 e. The van der Waals surface area contributed by atoms with Gasteiger partial charge in [-0.3, -0.25) is 5.43 Å². The van der Waals surface area contributed by atoms with Crippen molar-refractivity contribution < 1.29 is 4.39 Å². The lowest BCUT2D eigenvalue weighted by Gasteiger charge is -2.25. The molecule has 1 N–H and O–H groups in total. The van der Waals surface area contributed by atoms with E-state index in [2.05, 4.69) is 39.7 Å². The molecule has 0 aliphatic heterocycles. The van der Waals surface area contributed by atoms with Crippen LogP contribution in [0.15, 0.2) is 90.0 Å². The third-order valence-electron chi connectivity index (χ3n) is 4.30. The molecule has 0 saturated carbocycles. The Balaban J connectivity index is 1.73. The van der Waals surface area contributed by atoms with Crippen LogP contribution in [0.1, 0.15) is 23.6 Å². The summed E-state index contributed by atoms with van der Waals surface area (Å²) in [7, 11) is 0. The Labute approximate surface area is 170 Å². The van der Waals surface area contributed by atoms with E-state index in [9.17, 15) is 4.39 Å². The van der Waals surface area contributed by atoms with Gasteiger partial charge in [0.2, 0.25) is 0 Å². The molecule has 0 bridgehead atoms. The lowest BCUT2D eigenvalue weighted by molar-refractivity contribution is 0.400. The number of hydrazone groups is 1. The Kier molecular flexibility index (Phi) is 6.87. The Morgan fingerprint density at radius 2 is 1.36 bits per heavy atom. The van der Waals surface area contributed by atoms with Crippen molar-refractivity contribution in [1.82, 2.24) is 10.3 Å². The fourth-order valence-corrected chi connectivity index (χ4v) is 2.94. The zero-order valence-corrected chi connectivity index (χ0v) is 16.5. The highest BCUT2D eigenvalue weighted by Crippen LogP contribution is 2.11. The highest BCUT2D eigenvalue weighted by atomic mass is 32.1. The number of nitrogens with zero attached hydrogens (tertiary/aromatic N) is 2. The van der Waals surface area contributed by atoms with E-state index in [0.717, 1.165) is 11.3 Å². The predicted octanol–water partition coefficient (Wildman–Crippen LogP) is 5.13. The number of rotatable bonds is 6. The molecule has 0 fully saturated rings. The van der Waals surface area contributed by atoms with Gasteiger partial charge in [0, 0.05) is 13.1 Å². The maximum atomic E-state index is 13.1. The molecular weight excluding hydrogens is 369 g/mol. The zero-order valence-electron chi connectivity index (χ0n) is 15.7. The molecule has 0 atom stereocenters. The minimum Gasteiger partial charge on any atom is -0.339 e. The van der Waals surface area contributed by atoms with E-state index in [0.29, 0.717) is 18.2 Å². The first-order valence-electron chi connectivity index (χ1n) is 9.05. The molecule has 28 heavy (non-hydrogen) atoms. The molecule has 0 unspecified atom stereocenters. The van der Waals surface area contributed by atoms with E-state index >= 15 is 0 Å². The van der Waals surface area contributed by atoms with Crippen LogP contribution in [-0.4, -0.2) is 15.7 Å². The third kappa shape index (κ3) is 5.72. The quantitative estimate of drug-likeness (QED) is 0.359. The van der Waals surface area contributed by atoms with Crippen molar-refractivity contribution in [3.63, 3.8) is 0 Å². The van der Waals surface area contributed by atoms with Gasteiger partial charge in [0.25, 0.3) is 0 Å². The van der Waals surface area contributed by atoms with Crippen LogP contribution in [-0.2, 0) is 13.1 Å². The third-order valence-corrected chi connectivity index (χ3v) is 4.65. The van der Waals surface area contributed by atoms with E-state index < -0.39 is 0 Å². The monoisotopic (exact) mass is 391 g/mol. The van der Waals surface area contributed by atoms with Gasteiger partial charge in [-0.25, -0.2) is 4.39 Å². The fraction of sp³-hybridized carbons (Fsp3) is 0.130. The molecule has 3 nitrogen and oxygen atoms in total. The Bertz CT molecular complexity index is 884. The topological polar surface area (TPSA) is 27.6 Å². The summed E-state index contributed by atoms with van der Waals surface area (Å²) in [6.45, 7) is 3.21. The van der Waals surface area contributed by atoms with Crippen molar-refractivity contribution in [2.45, 2.75) is 20.0 Å². The normalized spacial score (nSPS) is 11.1. The second-order valence-electron chi connectivity index (χ2n) is 6.45. The summed E-state index contributed by atoms with van der Waals surface area (Å²) < 4.78 is 13.1. The van der Waals surface area contributed by atoms with Crippen LogP contribution < -0.4 is 5.43 Å². The molecule has 0 aliphatic rings. The molecule has 0 saturated heterocycles. The van der Waals surface area contributed by atoms with Gasteiger partial charge in [0.1, 0.15) is 5.82 Å². The van der Waals surface area contributed by atoms with Crippen molar-refractivity contribution in [2.24, 2.45) is 5.10 Å². The molecule has 0 radical (unpaired) electrons. The molecule has 3 aromatic carbocycles. The van der Waals surface area contributed by atoms with Crippen LogP contribution in [0.5, 0.6) is 0 Å². The Hall–Kier alpha value is -3.05. The number of hydrogen-bond acceptors (Lipinski definition) is 2. The summed E-state index contributed by atoms with van der Waals surface area (Å²) in [5.74, 6) is -0.267. The Morgan fingerprint density at radius 3 is 1.86 bits per heavy atom. The first-order valence-corrected chi connectivity index (χ1v) is 9.45. The fourth-order valence-electron chi connectivity index (χ4n) is 2.77. The largest absolute Gasteiger partial charge is 0.339 e. The van der Waals surface area contributed by atoms with E-state index in [1.54, 1.807) is 12.1 Å². The van der Waals surface area contributed by atoms with Gasteiger partial charge in [0.15, 0.2) is 5.11 Å². The van der Waals surface area contributed by atoms with Gasteiger partial charge in [-0.15, -0.1) is 0 Å². The average molecular weight is 392 g/mol. The van der Waals surface area contributed by atoms with Crippen LogP contribution in [0, 0.1) is 5.82 Å². The van der Waals surface area contributed by atoms with E-state index in [1.807, 2.05) is 43.3 Å². The molecule has 0 aromatic heterocycles. The predicted molar refractivity (Wildman–Crippen MR) is 116 cm³/mol. The molecular formula is C23H22FN3S. The smallest absolute Gasteiger partial charge is 0.190 e. The summed E-state index contributed by atoms with van der Waals surface area (Å²) in [6, 6.07) is 26.6. The average Bonchev–Trinajstić information content (AvgIpc) is 2.73.